The molecule has 0 aromatic heterocycles. The van der Waals surface area contributed by atoms with Gasteiger partial charge in [0.1, 0.15) is 6.61 Å². The van der Waals surface area contributed by atoms with Gasteiger partial charge in [-0.15, -0.1) is 0 Å². The van der Waals surface area contributed by atoms with Gasteiger partial charge in [0.25, 0.3) is 0 Å². The van der Waals surface area contributed by atoms with Crippen molar-refractivity contribution in [1.82, 2.24) is 5.32 Å². The van der Waals surface area contributed by atoms with Gasteiger partial charge in [0.15, 0.2) is 0 Å². The number of rotatable bonds is 5. The standard InChI is InChI=1S/C14H17NO4/c1-10(11-5-3-2-4-6-11)14(17)19-18-9-12-7-8-13(16)15-12/h2-6,10,12H,7-9H2,1H3,(H,15,16)/t10?,12-/m0/s1. The summed E-state index contributed by atoms with van der Waals surface area (Å²) in [5.74, 6) is -0.799. The molecular formula is C14H17NO4. The van der Waals surface area contributed by atoms with Gasteiger partial charge in [0.05, 0.1) is 12.0 Å². The molecule has 0 spiro atoms. The van der Waals surface area contributed by atoms with Crippen LogP contribution < -0.4 is 5.32 Å². The minimum absolute atomic E-state index is 0.0116. The first-order valence-electron chi connectivity index (χ1n) is 6.34. The Bertz CT molecular complexity index is 446. The van der Waals surface area contributed by atoms with Gasteiger partial charge in [-0.3, -0.25) is 9.68 Å². The van der Waals surface area contributed by atoms with E-state index >= 15 is 0 Å². The first-order valence-corrected chi connectivity index (χ1v) is 6.34. The molecule has 1 aliphatic heterocycles. The second-order valence-corrected chi connectivity index (χ2v) is 4.62. The molecule has 19 heavy (non-hydrogen) atoms. The molecule has 1 fully saturated rings. The Kier molecular flexibility index (Phi) is 4.52. The van der Waals surface area contributed by atoms with Crippen molar-refractivity contribution in [3.05, 3.63) is 35.9 Å². The molecule has 1 N–H and O–H groups in total. The summed E-state index contributed by atoms with van der Waals surface area (Å²) in [6.07, 6.45) is 1.22. The van der Waals surface area contributed by atoms with Crippen LogP contribution in [0.2, 0.25) is 0 Å². The zero-order valence-corrected chi connectivity index (χ0v) is 10.8. The second-order valence-electron chi connectivity index (χ2n) is 4.62. The van der Waals surface area contributed by atoms with Crippen LogP contribution in [0.5, 0.6) is 0 Å². The number of benzene rings is 1. The molecule has 0 saturated carbocycles. The highest BCUT2D eigenvalue weighted by Gasteiger charge is 2.23. The van der Waals surface area contributed by atoms with Crippen molar-refractivity contribution in [2.75, 3.05) is 6.61 Å². The molecule has 1 unspecified atom stereocenters. The summed E-state index contributed by atoms with van der Waals surface area (Å²) in [7, 11) is 0. The fourth-order valence-corrected chi connectivity index (χ4v) is 1.93. The topological polar surface area (TPSA) is 64.6 Å². The molecule has 0 bridgehead atoms. The summed E-state index contributed by atoms with van der Waals surface area (Å²) in [5, 5.41) is 2.73. The molecular weight excluding hydrogens is 246 g/mol. The van der Waals surface area contributed by atoms with Crippen molar-refractivity contribution in [1.29, 1.82) is 0 Å². The number of nitrogens with one attached hydrogen (secondary N) is 1. The molecule has 1 heterocycles. The molecule has 0 radical (unpaired) electrons. The normalized spacial score (nSPS) is 19.8. The molecule has 5 nitrogen and oxygen atoms in total. The lowest BCUT2D eigenvalue weighted by molar-refractivity contribution is -0.275. The van der Waals surface area contributed by atoms with E-state index in [1.54, 1.807) is 6.92 Å². The van der Waals surface area contributed by atoms with Crippen LogP contribution in [0, 0.1) is 0 Å². The largest absolute Gasteiger partial charge is 0.351 e. The van der Waals surface area contributed by atoms with E-state index in [4.69, 9.17) is 9.78 Å². The third-order valence-electron chi connectivity index (χ3n) is 3.15. The summed E-state index contributed by atoms with van der Waals surface area (Å²) in [5.41, 5.74) is 0.880. The maximum Gasteiger partial charge on any atom is 0.349 e. The zero-order valence-electron chi connectivity index (χ0n) is 10.8. The van der Waals surface area contributed by atoms with Crippen LogP contribution in [0.3, 0.4) is 0 Å². The summed E-state index contributed by atoms with van der Waals surface area (Å²) < 4.78 is 0. The van der Waals surface area contributed by atoms with E-state index in [9.17, 15) is 9.59 Å². The van der Waals surface area contributed by atoms with E-state index in [0.29, 0.717) is 12.8 Å². The predicted octanol–water partition coefficient (Wildman–Crippen LogP) is 1.54. The van der Waals surface area contributed by atoms with Gasteiger partial charge >= 0.3 is 5.97 Å². The maximum atomic E-state index is 11.7. The quantitative estimate of drug-likeness (QED) is 0.646. The minimum atomic E-state index is -0.435. The number of hydrogen-bond acceptors (Lipinski definition) is 4. The van der Waals surface area contributed by atoms with Gasteiger partial charge in [-0.1, -0.05) is 30.3 Å². The Balaban J connectivity index is 1.74. The molecule has 5 heteroatoms. The van der Waals surface area contributed by atoms with Crippen molar-refractivity contribution in [2.45, 2.75) is 31.7 Å². The maximum absolute atomic E-state index is 11.7. The molecule has 1 aliphatic rings. The van der Waals surface area contributed by atoms with E-state index in [2.05, 4.69) is 5.32 Å². The Morgan fingerprint density at radius 2 is 2.16 bits per heavy atom. The van der Waals surface area contributed by atoms with E-state index < -0.39 is 5.97 Å². The first kappa shape index (κ1) is 13.5. The van der Waals surface area contributed by atoms with Crippen molar-refractivity contribution in [3.8, 4) is 0 Å². The highest BCUT2D eigenvalue weighted by Crippen LogP contribution is 2.16. The van der Waals surface area contributed by atoms with Crippen molar-refractivity contribution in [2.24, 2.45) is 0 Å². The van der Waals surface area contributed by atoms with Crippen molar-refractivity contribution in [3.63, 3.8) is 0 Å². The predicted molar refractivity (Wildman–Crippen MR) is 68.1 cm³/mol. The van der Waals surface area contributed by atoms with Gasteiger partial charge in [0, 0.05) is 6.42 Å². The summed E-state index contributed by atoms with van der Waals surface area (Å²) in [6.45, 7) is 1.96. The van der Waals surface area contributed by atoms with Gasteiger partial charge in [-0.25, -0.2) is 4.79 Å². The number of hydrogen-bond donors (Lipinski definition) is 1. The van der Waals surface area contributed by atoms with E-state index in [1.807, 2.05) is 30.3 Å². The number of carbonyl (C=O) groups excluding carboxylic acids is 2. The Hall–Kier alpha value is -1.88. The SMILES string of the molecule is CC(C(=O)OOC[C@@H]1CCC(=O)N1)c1ccccc1. The van der Waals surface area contributed by atoms with E-state index in [0.717, 1.165) is 5.56 Å². The Morgan fingerprint density at radius 1 is 1.42 bits per heavy atom. The highest BCUT2D eigenvalue weighted by atomic mass is 17.2. The molecule has 1 saturated heterocycles. The molecule has 1 aromatic rings. The van der Waals surface area contributed by atoms with Crippen molar-refractivity contribution < 1.29 is 19.4 Å². The molecule has 2 atom stereocenters. The molecule has 0 aliphatic carbocycles. The van der Waals surface area contributed by atoms with Crippen LogP contribution in [0.1, 0.15) is 31.2 Å². The lowest BCUT2D eigenvalue weighted by Gasteiger charge is -2.12. The average Bonchev–Trinajstić information content (AvgIpc) is 2.84. The van der Waals surface area contributed by atoms with Crippen molar-refractivity contribution >= 4 is 11.9 Å². The summed E-state index contributed by atoms with van der Waals surface area (Å²) in [6, 6.07) is 9.29. The molecule has 102 valence electrons. The Labute approximate surface area is 111 Å². The first-order chi connectivity index (χ1) is 9.16. The average molecular weight is 263 g/mol. The van der Waals surface area contributed by atoms with Gasteiger partial charge in [-0.05, 0) is 18.9 Å². The van der Waals surface area contributed by atoms with Crippen LogP contribution in [0.25, 0.3) is 0 Å². The third kappa shape index (κ3) is 3.79. The zero-order chi connectivity index (χ0) is 13.7. The third-order valence-corrected chi connectivity index (χ3v) is 3.15. The smallest absolute Gasteiger partial charge is 0.349 e. The van der Waals surface area contributed by atoms with Crippen LogP contribution in [0.15, 0.2) is 30.3 Å². The molecule has 1 aromatic carbocycles. The fraction of sp³-hybridized carbons (Fsp3) is 0.429. The van der Waals surface area contributed by atoms with Gasteiger partial charge in [0.2, 0.25) is 5.91 Å². The van der Waals surface area contributed by atoms with Crippen LogP contribution >= 0.6 is 0 Å². The van der Waals surface area contributed by atoms with Crippen LogP contribution in [0.4, 0.5) is 0 Å². The van der Waals surface area contributed by atoms with Crippen LogP contribution in [-0.2, 0) is 19.4 Å². The lowest BCUT2D eigenvalue weighted by Crippen LogP contribution is -2.30. The number of amides is 1. The minimum Gasteiger partial charge on any atom is -0.351 e. The monoisotopic (exact) mass is 263 g/mol. The lowest BCUT2D eigenvalue weighted by atomic mass is 10.0. The van der Waals surface area contributed by atoms with Crippen LogP contribution in [-0.4, -0.2) is 24.5 Å². The number of carbonyl (C=O) groups is 2. The second kappa shape index (κ2) is 6.33. The Morgan fingerprint density at radius 3 is 2.79 bits per heavy atom. The molecule has 2 rings (SSSR count). The van der Waals surface area contributed by atoms with E-state index in [-0.39, 0.29) is 24.5 Å². The fourth-order valence-electron chi connectivity index (χ4n) is 1.93. The summed E-state index contributed by atoms with van der Waals surface area (Å²) in [4.78, 5) is 32.4. The molecule has 1 amide bonds. The highest BCUT2D eigenvalue weighted by molar-refractivity contribution is 5.78. The van der Waals surface area contributed by atoms with Gasteiger partial charge < -0.3 is 5.32 Å². The summed E-state index contributed by atoms with van der Waals surface area (Å²) >= 11 is 0. The van der Waals surface area contributed by atoms with E-state index in [1.165, 1.54) is 0 Å². The van der Waals surface area contributed by atoms with Gasteiger partial charge in [-0.2, -0.15) is 4.89 Å².